The van der Waals surface area contributed by atoms with Gasteiger partial charge in [0.2, 0.25) is 5.91 Å². The molecule has 0 aliphatic heterocycles. The average Bonchev–Trinajstić information content (AvgIpc) is 3.00. The summed E-state index contributed by atoms with van der Waals surface area (Å²) in [5, 5.41) is 4.91. The molecule has 1 N–H and O–H groups in total. The summed E-state index contributed by atoms with van der Waals surface area (Å²) < 4.78 is 10.5. The summed E-state index contributed by atoms with van der Waals surface area (Å²) in [6.45, 7) is 0.577. The lowest BCUT2D eigenvalue weighted by molar-refractivity contribution is -0.120. The molecule has 0 aliphatic carbocycles. The molecule has 0 saturated carbocycles. The van der Waals surface area contributed by atoms with Gasteiger partial charge in [0.1, 0.15) is 11.5 Å². The van der Waals surface area contributed by atoms with E-state index in [0.29, 0.717) is 19.4 Å². The molecule has 4 nitrogen and oxygen atoms in total. The van der Waals surface area contributed by atoms with E-state index >= 15 is 0 Å². The Balaban J connectivity index is 1.86. The van der Waals surface area contributed by atoms with Gasteiger partial charge in [-0.15, -0.1) is 11.3 Å². The van der Waals surface area contributed by atoms with Gasteiger partial charge in [0.25, 0.3) is 0 Å². The van der Waals surface area contributed by atoms with E-state index in [2.05, 4.69) is 5.32 Å². The first-order chi connectivity index (χ1) is 10.2. The van der Waals surface area contributed by atoms with Crippen molar-refractivity contribution in [3.8, 4) is 11.5 Å². The number of carbonyl (C=O) groups is 1. The lowest BCUT2D eigenvalue weighted by Crippen LogP contribution is -2.27. The summed E-state index contributed by atoms with van der Waals surface area (Å²) in [6, 6.07) is 9.59. The van der Waals surface area contributed by atoms with Crippen molar-refractivity contribution in [1.82, 2.24) is 5.32 Å². The minimum Gasteiger partial charge on any atom is -0.497 e. The number of thiophene rings is 1. The first kappa shape index (κ1) is 15.4. The fraction of sp³-hybridized carbons (Fsp3) is 0.312. The summed E-state index contributed by atoms with van der Waals surface area (Å²) in [4.78, 5) is 12.9. The highest BCUT2D eigenvalue weighted by Crippen LogP contribution is 2.24. The number of ether oxygens (including phenoxy) is 2. The van der Waals surface area contributed by atoms with Crippen LogP contribution in [0.5, 0.6) is 11.5 Å². The highest BCUT2D eigenvalue weighted by Gasteiger charge is 2.07. The van der Waals surface area contributed by atoms with Crippen molar-refractivity contribution < 1.29 is 14.3 Å². The van der Waals surface area contributed by atoms with E-state index < -0.39 is 0 Å². The van der Waals surface area contributed by atoms with Crippen molar-refractivity contribution in [3.63, 3.8) is 0 Å². The molecular weight excluding hydrogens is 286 g/mol. The summed E-state index contributed by atoms with van der Waals surface area (Å²) in [5.41, 5.74) is 1.02. The van der Waals surface area contributed by atoms with Crippen molar-refractivity contribution in [2.75, 3.05) is 20.8 Å². The van der Waals surface area contributed by atoms with Crippen molar-refractivity contribution in [3.05, 3.63) is 46.2 Å². The smallest absolute Gasteiger partial charge is 0.225 e. The Bertz CT molecular complexity index is 581. The second-order valence-electron chi connectivity index (χ2n) is 4.53. The number of nitrogens with one attached hydrogen (secondary N) is 1. The summed E-state index contributed by atoms with van der Waals surface area (Å²) in [5.74, 6) is 1.64. The second-order valence-corrected chi connectivity index (χ2v) is 5.57. The summed E-state index contributed by atoms with van der Waals surface area (Å²) in [6.07, 6.45) is 1.14. The molecule has 5 heteroatoms. The molecule has 0 aliphatic rings. The van der Waals surface area contributed by atoms with Crippen LogP contribution >= 0.6 is 11.3 Å². The van der Waals surface area contributed by atoms with Gasteiger partial charge in [0, 0.05) is 11.4 Å². The number of amides is 1. The quantitative estimate of drug-likeness (QED) is 0.855. The van der Waals surface area contributed by atoms with Gasteiger partial charge >= 0.3 is 0 Å². The van der Waals surface area contributed by atoms with Gasteiger partial charge in [-0.2, -0.15) is 0 Å². The number of benzene rings is 1. The van der Waals surface area contributed by atoms with Crippen LogP contribution in [0.15, 0.2) is 35.7 Å². The van der Waals surface area contributed by atoms with Gasteiger partial charge in [-0.1, -0.05) is 6.07 Å². The minimum atomic E-state index is 0.0410. The van der Waals surface area contributed by atoms with E-state index in [4.69, 9.17) is 9.47 Å². The zero-order valence-corrected chi connectivity index (χ0v) is 13.0. The first-order valence-corrected chi connectivity index (χ1v) is 7.61. The maximum Gasteiger partial charge on any atom is 0.225 e. The molecular formula is C16H19NO3S. The highest BCUT2D eigenvalue weighted by atomic mass is 32.1. The van der Waals surface area contributed by atoms with Gasteiger partial charge < -0.3 is 14.8 Å². The number of methoxy groups -OCH3 is 2. The van der Waals surface area contributed by atoms with Crippen LogP contribution in [-0.4, -0.2) is 26.7 Å². The van der Waals surface area contributed by atoms with Gasteiger partial charge in [-0.25, -0.2) is 0 Å². The van der Waals surface area contributed by atoms with Crippen LogP contribution in [0.4, 0.5) is 0 Å². The molecule has 2 aromatic rings. The van der Waals surface area contributed by atoms with Crippen molar-refractivity contribution >= 4 is 17.2 Å². The topological polar surface area (TPSA) is 47.6 Å². The van der Waals surface area contributed by atoms with Crippen LogP contribution in [0, 0.1) is 0 Å². The molecule has 0 atom stereocenters. The van der Waals surface area contributed by atoms with Crippen LogP contribution in [0.2, 0.25) is 0 Å². The maximum atomic E-state index is 11.8. The highest BCUT2D eigenvalue weighted by molar-refractivity contribution is 7.10. The maximum absolute atomic E-state index is 11.8. The standard InChI is InChI=1S/C16H19NO3S/c1-19-13-5-6-15(20-2)12(10-13)7-8-17-16(18)11-14-4-3-9-21-14/h3-6,9-10H,7-8,11H2,1-2H3,(H,17,18). The predicted octanol–water partition coefficient (Wildman–Crippen LogP) is 2.67. The Labute approximate surface area is 128 Å². The van der Waals surface area contributed by atoms with E-state index in [0.717, 1.165) is 21.9 Å². The largest absolute Gasteiger partial charge is 0.497 e. The van der Waals surface area contributed by atoms with Crippen LogP contribution in [0.1, 0.15) is 10.4 Å². The molecule has 0 saturated heterocycles. The molecule has 0 fully saturated rings. The monoisotopic (exact) mass is 305 g/mol. The number of hydrogen-bond donors (Lipinski definition) is 1. The van der Waals surface area contributed by atoms with E-state index in [9.17, 15) is 4.79 Å². The van der Waals surface area contributed by atoms with Gasteiger partial charge in [0.05, 0.1) is 20.6 Å². The molecule has 1 heterocycles. The molecule has 1 aromatic carbocycles. The fourth-order valence-electron chi connectivity index (χ4n) is 2.05. The lowest BCUT2D eigenvalue weighted by Gasteiger charge is -2.11. The number of rotatable bonds is 7. The zero-order valence-electron chi connectivity index (χ0n) is 12.2. The SMILES string of the molecule is COc1ccc(OC)c(CCNC(=O)Cc2cccs2)c1. The molecule has 112 valence electrons. The van der Waals surface area contributed by atoms with Gasteiger partial charge in [0.15, 0.2) is 0 Å². The number of carbonyl (C=O) groups excluding carboxylic acids is 1. The van der Waals surface area contributed by atoms with Crippen LogP contribution < -0.4 is 14.8 Å². The molecule has 0 bridgehead atoms. The molecule has 1 amide bonds. The Morgan fingerprint density at radius 1 is 1.24 bits per heavy atom. The molecule has 21 heavy (non-hydrogen) atoms. The second kappa shape index (κ2) is 7.69. The predicted molar refractivity (Wildman–Crippen MR) is 84.3 cm³/mol. The Hall–Kier alpha value is -2.01. The summed E-state index contributed by atoms with van der Waals surface area (Å²) in [7, 11) is 3.27. The van der Waals surface area contributed by atoms with Crippen LogP contribution in [0.3, 0.4) is 0 Å². The summed E-state index contributed by atoms with van der Waals surface area (Å²) >= 11 is 1.59. The fourth-order valence-corrected chi connectivity index (χ4v) is 2.75. The molecule has 0 spiro atoms. The molecule has 0 radical (unpaired) electrons. The molecule has 0 unspecified atom stereocenters. The third-order valence-electron chi connectivity index (χ3n) is 3.12. The van der Waals surface area contributed by atoms with Gasteiger partial charge in [-0.05, 0) is 41.6 Å². The molecule has 2 rings (SSSR count). The van der Waals surface area contributed by atoms with E-state index in [-0.39, 0.29) is 5.91 Å². The van der Waals surface area contributed by atoms with Crippen molar-refractivity contribution in [1.29, 1.82) is 0 Å². The zero-order chi connectivity index (χ0) is 15.1. The van der Waals surface area contributed by atoms with Crippen LogP contribution in [0.25, 0.3) is 0 Å². The van der Waals surface area contributed by atoms with Crippen LogP contribution in [-0.2, 0) is 17.6 Å². The average molecular weight is 305 g/mol. The van der Waals surface area contributed by atoms with Crippen molar-refractivity contribution in [2.45, 2.75) is 12.8 Å². The third kappa shape index (κ3) is 4.49. The Kier molecular flexibility index (Phi) is 5.63. The third-order valence-corrected chi connectivity index (χ3v) is 4.00. The molecule has 1 aromatic heterocycles. The number of hydrogen-bond acceptors (Lipinski definition) is 4. The van der Waals surface area contributed by atoms with E-state index in [1.165, 1.54) is 0 Å². The van der Waals surface area contributed by atoms with Crippen molar-refractivity contribution in [2.24, 2.45) is 0 Å². The van der Waals surface area contributed by atoms with E-state index in [1.807, 2.05) is 35.7 Å². The Morgan fingerprint density at radius 2 is 2.10 bits per heavy atom. The van der Waals surface area contributed by atoms with Gasteiger partial charge in [-0.3, -0.25) is 4.79 Å². The normalized spacial score (nSPS) is 10.2. The lowest BCUT2D eigenvalue weighted by atomic mass is 10.1. The van der Waals surface area contributed by atoms with E-state index in [1.54, 1.807) is 25.6 Å². The first-order valence-electron chi connectivity index (χ1n) is 6.73. The minimum absolute atomic E-state index is 0.0410. The Morgan fingerprint density at radius 3 is 2.76 bits per heavy atom.